The van der Waals surface area contributed by atoms with Crippen LogP contribution in [0.2, 0.25) is 5.02 Å². The van der Waals surface area contributed by atoms with Gasteiger partial charge in [-0.1, -0.05) is 36.4 Å². The number of alkyl halides is 3. The molecular formula is C33H31ClF4N6O4S. The van der Waals surface area contributed by atoms with E-state index < -0.39 is 55.4 Å². The molecule has 1 atom stereocenters. The van der Waals surface area contributed by atoms with Gasteiger partial charge < -0.3 is 14.7 Å². The van der Waals surface area contributed by atoms with Gasteiger partial charge in [0.05, 0.1) is 26.6 Å². The third kappa shape index (κ3) is 6.19. The number of likely N-dealkylation sites (N-methyl/N-ethyl adjacent to an activating group) is 1. The van der Waals surface area contributed by atoms with Gasteiger partial charge in [0.15, 0.2) is 15.5 Å². The summed E-state index contributed by atoms with van der Waals surface area (Å²) in [4.78, 5) is 40.3. The van der Waals surface area contributed by atoms with Crippen molar-refractivity contribution in [1.29, 1.82) is 0 Å². The lowest BCUT2D eigenvalue weighted by Gasteiger charge is -2.40. The minimum Gasteiger partial charge on any atom is -0.350 e. The van der Waals surface area contributed by atoms with Gasteiger partial charge in [0.1, 0.15) is 17.3 Å². The summed E-state index contributed by atoms with van der Waals surface area (Å²) >= 11 is 6.28. The number of pyridine rings is 1. The number of amides is 1. The maximum Gasteiger partial charge on any atom is 0.417 e. The molecular weight excluding hydrogens is 688 g/mol. The van der Waals surface area contributed by atoms with E-state index in [0.717, 1.165) is 29.0 Å². The van der Waals surface area contributed by atoms with E-state index in [1.807, 2.05) is 11.9 Å². The van der Waals surface area contributed by atoms with Gasteiger partial charge in [-0.05, 0) is 49.9 Å². The first-order valence-corrected chi connectivity index (χ1v) is 17.5. The van der Waals surface area contributed by atoms with Crippen LogP contribution in [0, 0.1) is 5.82 Å². The van der Waals surface area contributed by atoms with E-state index in [2.05, 4.69) is 16.5 Å². The van der Waals surface area contributed by atoms with Crippen LogP contribution in [0.4, 0.5) is 23.4 Å². The molecule has 2 saturated heterocycles. The number of carbonyl (C=O) groups is 1. The van der Waals surface area contributed by atoms with Crippen molar-refractivity contribution in [2.24, 2.45) is 0 Å². The fraction of sp³-hybridized carbons (Fsp3) is 0.333. The fourth-order valence-corrected chi connectivity index (χ4v) is 7.76. The molecule has 2 aliphatic heterocycles. The van der Waals surface area contributed by atoms with Gasteiger partial charge in [0, 0.05) is 56.5 Å². The molecule has 2 aliphatic rings. The molecule has 0 bridgehead atoms. The van der Waals surface area contributed by atoms with Crippen molar-refractivity contribution in [1.82, 2.24) is 24.3 Å². The first kappa shape index (κ1) is 34.5. The average molecular weight is 719 g/mol. The number of nitrogens with zero attached hydrogens (tertiary/aromatic N) is 6. The number of halogens is 5. The molecule has 2 aromatic heterocycles. The number of piperazine rings is 1. The van der Waals surface area contributed by atoms with Crippen molar-refractivity contribution in [3.63, 3.8) is 0 Å². The van der Waals surface area contributed by atoms with E-state index in [-0.39, 0.29) is 58.9 Å². The lowest BCUT2D eigenvalue weighted by molar-refractivity contribution is -0.137. The number of para-hydroxylation sites is 1. The molecule has 0 unspecified atom stereocenters. The Hall–Kier alpha value is -4.34. The molecule has 0 saturated carbocycles. The molecule has 10 nitrogen and oxygen atoms in total. The van der Waals surface area contributed by atoms with Crippen LogP contribution in [-0.4, -0.2) is 90.7 Å². The summed E-state index contributed by atoms with van der Waals surface area (Å²) in [5.41, 5.74) is -3.66. The number of fused-ring (bicyclic) bond motifs is 1. The van der Waals surface area contributed by atoms with E-state index in [1.54, 1.807) is 28.9 Å². The molecule has 4 heterocycles. The summed E-state index contributed by atoms with van der Waals surface area (Å²) in [6, 6.07) is 8.02. The second kappa shape index (κ2) is 12.5. The highest BCUT2D eigenvalue weighted by atomic mass is 35.5. The minimum atomic E-state index is -4.95. The largest absolute Gasteiger partial charge is 0.417 e. The lowest BCUT2D eigenvalue weighted by Crippen LogP contribution is -2.54. The third-order valence-corrected chi connectivity index (χ3v) is 10.3. The Bertz CT molecular complexity index is 2190. The van der Waals surface area contributed by atoms with Crippen LogP contribution in [0.5, 0.6) is 0 Å². The van der Waals surface area contributed by atoms with E-state index in [0.29, 0.717) is 18.7 Å². The zero-order valence-electron chi connectivity index (χ0n) is 26.6. The predicted octanol–water partition coefficient (Wildman–Crippen LogP) is 4.91. The number of sulfone groups is 1. The van der Waals surface area contributed by atoms with Crippen LogP contribution in [0.25, 0.3) is 28.0 Å². The van der Waals surface area contributed by atoms with Crippen molar-refractivity contribution in [3.05, 3.63) is 87.6 Å². The van der Waals surface area contributed by atoms with Crippen molar-refractivity contribution < 1.29 is 30.8 Å². The zero-order valence-corrected chi connectivity index (χ0v) is 28.2. The van der Waals surface area contributed by atoms with Crippen LogP contribution < -0.4 is 10.6 Å². The second-order valence-corrected chi connectivity index (χ2v) is 14.7. The quantitative estimate of drug-likeness (QED) is 0.205. The van der Waals surface area contributed by atoms with Gasteiger partial charge in [-0.2, -0.15) is 18.2 Å². The van der Waals surface area contributed by atoms with Crippen LogP contribution in [0.3, 0.4) is 0 Å². The molecule has 258 valence electrons. The average Bonchev–Trinajstić information content (AvgIpc) is 3.01. The van der Waals surface area contributed by atoms with Gasteiger partial charge >= 0.3 is 11.9 Å². The number of benzene rings is 2. The summed E-state index contributed by atoms with van der Waals surface area (Å²) in [5, 5.41) is -0.494. The molecule has 1 amide bonds. The zero-order chi connectivity index (χ0) is 35.6. The first-order valence-electron chi connectivity index (χ1n) is 15.2. The van der Waals surface area contributed by atoms with Gasteiger partial charge in [0.2, 0.25) is 5.91 Å². The topological polar surface area (TPSA) is 109 Å². The molecule has 4 aromatic rings. The Labute approximate surface area is 284 Å². The molecule has 16 heteroatoms. The maximum absolute atomic E-state index is 16.2. The molecule has 0 spiro atoms. The highest BCUT2D eigenvalue weighted by Crippen LogP contribution is 2.43. The normalized spacial score (nSPS) is 17.8. The molecule has 0 aliphatic carbocycles. The maximum atomic E-state index is 16.2. The Kier molecular flexibility index (Phi) is 8.82. The summed E-state index contributed by atoms with van der Waals surface area (Å²) in [6.07, 6.45) is -2.80. The lowest BCUT2D eigenvalue weighted by atomic mass is 9.90. The number of anilines is 1. The number of rotatable bonds is 6. The fourth-order valence-electron chi connectivity index (χ4n) is 6.61. The Balaban J connectivity index is 1.71. The molecule has 6 rings (SSSR count). The molecule has 2 aromatic carbocycles. The predicted molar refractivity (Wildman–Crippen MR) is 177 cm³/mol. The smallest absolute Gasteiger partial charge is 0.350 e. The van der Waals surface area contributed by atoms with Crippen LogP contribution >= 0.6 is 11.6 Å². The van der Waals surface area contributed by atoms with E-state index in [9.17, 15) is 31.2 Å². The number of aromatic nitrogens is 3. The Morgan fingerprint density at radius 1 is 1.08 bits per heavy atom. The standard InChI is InChI=1S/C33H31ClF4N6O4S/c1-5-26(45)42-12-13-43(18(2)15-42)30-21-14-24(35)28(27-22(33(36,37)38)9-7-10-23(27)34)39-31(21)44(32(46)40-30)29-20(19-16-41(3)17-19)8-6-11-25(29)49(4,47)48/h5-11,14,18-19H,1,12-13,15-17H2,2-4H3/t18-/m0/s1. The van der Waals surface area contributed by atoms with Crippen molar-refractivity contribution in [3.8, 4) is 16.9 Å². The number of carbonyl (C=O) groups excluding carboxylic acids is 1. The summed E-state index contributed by atoms with van der Waals surface area (Å²) in [7, 11) is -2.14. The monoisotopic (exact) mass is 718 g/mol. The van der Waals surface area contributed by atoms with Crippen LogP contribution in [-0.2, 0) is 20.8 Å². The number of hydrogen-bond donors (Lipinski definition) is 0. The third-order valence-electron chi connectivity index (χ3n) is 8.90. The molecule has 49 heavy (non-hydrogen) atoms. The summed E-state index contributed by atoms with van der Waals surface area (Å²) in [6.45, 7) is 6.93. The van der Waals surface area contributed by atoms with Gasteiger partial charge in [-0.15, -0.1) is 0 Å². The van der Waals surface area contributed by atoms with Gasteiger partial charge in [-0.3, -0.25) is 4.79 Å². The number of likely N-dealkylation sites (tertiary alicyclic amines) is 1. The van der Waals surface area contributed by atoms with Gasteiger partial charge in [0.25, 0.3) is 0 Å². The van der Waals surface area contributed by atoms with Crippen molar-refractivity contribution >= 4 is 44.2 Å². The highest BCUT2D eigenvalue weighted by molar-refractivity contribution is 7.90. The molecule has 0 radical (unpaired) electrons. The van der Waals surface area contributed by atoms with Crippen LogP contribution in [0.1, 0.15) is 24.0 Å². The van der Waals surface area contributed by atoms with Crippen molar-refractivity contribution in [2.75, 3.05) is 50.9 Å². The van der Waals surface area contributed by atoms with E-state index in [4.69, 9.17) is 11.6 Å². The highest BCUT2D eigenvalue weighted by Gasteiger charge is 2.37. The minimum absolute atomic E-state index is 0.0237. The van der Waals surface area contributed by atoms with Gasteiger partial charge in [-0.25, -0.2) is 27.2 Å². The molecule has 0 N–H and O–H groups in total. The summed E-state index contributed by atoms with van der Waals surface area (Å²) in [5.74, 6) is -1.71. The van der Waals surface area contributed by atoms with E-state index >= 15 is 4.39 Å². The van der Waals surface area contributed by atoms with E-state index in [1.165, 1.54) is 18.2 Å². The Morgan fingerprint density at radius 3 is 2.39 bits per heavy atom. The van der Waals surface area contributed by atoms with Crippen molar-refractivity contribution in [2.45, 2.75) is 30.0 Å². The summed E-state index contributed by atoms with van der Waals surface area (Å²) < 4.78 is 86.4. The van der Waals surface area contributed by atoms with Crippen LogP contribution in [0.15, 0.2) is 64.8 Å². The Morgan fingerprint density at radius 2 is 1.78 bits per heavy atom. The molecule has 2 fully saturated rings. The second-order valence-electron chi connectivity index (χ2n) is 12.3. The SMILES string of the molecule is C=CC(=O)N1CCN(c2nc(=O)n(-c3c(C4CN(C)C4)cccc3S(C)(=O)=O)c3nc(-c4c(Cl)cccc4C(F)(F)F)c(F)cc23)[C@@H](C)C1. The number of hydrogen-bond acceptors (Lipinski definition) is 8. The first-order chi connectivity index (χ1) is 23.0.